The Morgan fingerprint density at radius 1 is 1.15 bits per heavy atom. The van der Waals surface area contributed by atoms with E-state index in [1.54, 1.807) is 12.4 Å². The van der Waals surface area contributed by atoms with Crippen molar-refractivity contribution in [1.29, 1.82) is 0 Å². The minimum atomic E-state index is 0.682. The number of hydrogen-bond donors (Lipinski definition) is 0. The van der Waals surface area contributed by atoms with Gasteiger partial charge < -0.3 is 4.74 Å². The summed E-state index contributed by atoms with van der Waals surface area (Å²) in [6, 6.07) is 7.95. The fraction of sp³-hybridized carbons (Fsp3) is 0.263. The summed E-state index contributed by atoms with van der Waals surface area (Å²) in [5, 5.41) is 8.75. The van der Waals surface area contributed by atoms with E-state index in [0.29, 0.717) is 6.61 Å². The Morgan fingerprint density at radius 3 is 2.88 bits per heavy atom. The number of unbranched alkanes of at least 4 members (excludes halogenated alkanes) is 1. The largest absolute Gasteiger partial charge is 0.492 e. The van der Waals surface area contributed by atoms with Crippen molar-refractivity contribution < 1.29 is 4.74 Å². The van der Waals surface area contributed by atoms with Gasteiger partial charge in [0, 0.05) is 16.2 Å². The molecule has 0 bridgehead atoms. The highest BCUT2D eigenvalue weighted by Gasteiger charge is 2.15. The van der Waals surface area contributed by atoms with Crippen molar-refractivity contribution in [3.63, 3.8) is 0 Å². The lowest BCUT2D eigenvalue weighted by Crippen LogP contribution is -1.99. The molecule has 0 aliphatic heterocycles. The van der Waals surface area contributed by atoms with Crippen molar-refractivity contribution >= 4 is 32.6 Å². The van der Waals surface area contributed by atoms with Crippen molar-refractivity contribution in [2.24, 2.45) is 0 Å². The first kappa shape index (κ1) is 16.9. The number of aromatic nitrogens is 5. The lowest BCUT2D eigenvalue weighted by Gasteiger charge is -2.08. The summed E-state index contributed by atoms with van der Waals surface area (Å²) in [5.74, 6) is 1.46. The molecule has 0 fully saturated rings. The molecule has 6 nitrogen and oxygen atoms in total. The standard InChI is InChI=1S/C19H18BrN5O/c1-3-4-7-26-15-8-13(10-21-11-15)19-24-23-18-12(2)22-16-6-5-14(20)9-17(16)25(18)19/h5-6,8-11H,3-4,7H2,1-2H3. The fourth-order valence-electron chi connectivity index (χ4n) is 2.89. The molecule has 0 atom stereocenters. The number of ether oxygens (including phenoxy) is 1. The van der Waals surface area contributed by atoms with Crippen LogP contribution in [0.25, 0.3) is 28.1 Å². The van der Waals surface area contributed by atoms with Gasteiger partial charge in [-0.2, -0.15) is 0 Å². The second kappa shape index (κ2) is 6.99. The minimum Gasteiger partial charge on any atom is -0.492 e. The van der Waals surface area contributed by atoms with Crippen LogP contribution in [0.2, 0.25) is 0 Å². The van der Waals surface area contributed by atoms with E-state index in [1.165, 1.54) is 0 Å². The van der Waals surface area contributed by atoms with E-state index in [4.69, 9.17) is 4.74 Å². The van der Waals surface area contributed by atoms with Crippen LogP contribution in [0.15, 0.2) is 41.1 Å². The molecule has 4 aromatic rings. The smallest absolute Gasteiger partial charge is 0.183 e. The highest BCUT2D eigenvalue weighted by Crippen LogP contribution is 2.27. The number of hydrogen-bond acceptors (Lipinski definition) is 5. The molecule has 0 saturated heterocycles. The lowest BCUT2D eigenvalue weighted by atomic mass is 10.2. The van der Waals surface area contributed by atoms with Crippen LogP contribution < -0.4 is 4.74 Å². The highest BCUT2D eigenvalue weighted by atomic mass is 79.9. The van der Waals surface area contributed by atoms with Crippen molar-refractivity contribution in [2.75, 3.05) is 6.61 Å². The van der Waals surface area contributed by atoms with E-state index in [2.05, 4.69) is 43.0 Å². The Labute approximate surface area is 159 Å². The Kier molecular flexibility index (Phi) is 4.55. The van der Waals surface area contributed by atoms with Gasteiger partial charge in [0.2, 0.25) is 0 Å². The van der Waals surface area contributed by atoms with Gasteiger partial charge in [-0.05, 0) is 37.6 Å². The van der Waals surface area contributed by atoms with Gasteiger partial charge in [-0.15, -0.1) is 10.2 Å². The number of nitrogens with zero attached hydrogens (tertiary/aromatic N) is 5. The van der Waals surface area contributed by atoms with Crippen LogP contribution in [0.4, 0.5) is 0 Å². The molecule has 0 saturated carbocycles. The second-order valence-corrected chi connectivity index (χ2v) is 7.04. The summed E-state index contributed by atoms with van der Waals surface area (Å²) in [5.41, 5.74) is 4.27. The Bertz CT molecular complexity index is 1090. The maximum absolute atomic E-state index is 5.79. The predicted molar refractivity (Wildman–Crippen MR) is 104 cm³/mol. The molecule has 0 aliphatic rings. The third-order valence-electron chi connectivity index (χ3n) is 4.19. The monoisotopic (exact) mass is 411 g/mol. The predicted octanol–water partition coefficient (Wildman–Crippen LogP) is 4.59. The van der Waals surface area contributed by atoms with Crippen molar-refractivity contribution in [1.82, 2.24) is 24.6 Å². The zero-order chi connectivity index (χ0) is 18.1. The molecule has 0 spiro atoms. The Morgan fingerprint density at radius 2 is 2.04 bits per heavy atom. The molecule has 4 rings (SSSR count). The van der Waals surface area contributed by atoms with Gasteiger partial charge in [-0.25, -0.2) is 4.98 Å². The van der Waals surface area contributed by atoms with Crippen molar-refractivity contribution in [3.8, 4) is 17.1 Å². The van der Waals surface area contributed by atoms with Gasteiger partial charge in [-0.1, -0.05) is 29.3 Å². The quantitative estimate of drug-likeness (QED) is 0.449. The van der Waals surface area contributed by atoms with Gasteiger partial charge in [0.25, 0.3) is 0 Å². The molecule has 0 radical (unpaired) electrons. The molecule has 3 heterocycles. The lowest BCUT2D eigenvalue weighted by molar-refractivity contribution is 0.308. The average Bonchev–Trinajstić information content (AvgIpc) is 3.09. The highest BCUT2D eigenvalue weighted by molar-refractivity contribution is 9.10. The van der Waals surface area contributed by atoms with E-state index in [1.807, 2.05) is 35.6 Å². The van der Waals surface area contributed by atoms with Crippen LogP contribution in [0.3, 0.4) is 0 Å². The van der Waals surface area contributed by atoms with Crippen molar-refractivity contribution in [2.45, 2.75) is 26.7 Å². The molecular weight excluding hydrogens is 394 g/mol. The topological polar surface area (TPSA) is 65.2 Å². The number of rotatable bonds is 5. The van der Waals surface area contributed by atoms with Crippen LogP contribution in [-0.2, 0) is 0 Å². The van der Waals surface area contributed by atoms with Crippen LogP contribution in [-0.4, -0.2) is 31.2 Å². The van der Waals surface area contributed by atoms with E-state index < -0.39 is 0 Å². The molecule has 1 aromatic carbocycles. The molecule has 7 heteroatoms. The van der Waals surface area contributed by atoms with E-state index in [0.717, 1.165) is 56.8 Å². The van der Waals surface area contributed by atoms with Gasteiger partial charge in [0.15, 0.2) is 11.5 Å². The first-order chi connectivity index (χ1) is 12.7. The second-order valence-electron chi connectivity index (χ2n) is 6.12. The maximum Gasteiger partial charge on any atom is 0.183 e. The number of aryl methyl sites for hydroxylation is 1. The summed E-state index contributed by atoms with van der Waals surface area (Å²) in [6.07, 6.45) is 5.61. The SMILES string of the molecule is CCCCOc1cncc(-c2nnc3c(C)nc4ccc(Br)cc4n23)c1. The van der Waals surface area contributed by atoms with Gasteiger partial charge in [0.05, 0.1) is 29.5 Å². The first-order valence-electron chi connectivity index (χ1n) is 8.56. The van der Waals surface area contributed by atoms with Gasteiger partial charge in [0.1, 0.15) is 5.75 Å². The van der Waals surface area contributed by atoms with E-state index in [-0.39, 0.29) is 0 Å². The van der Waals surface area contributed by atoms with Crippen LogP contribution in [0.5, 0.6) is 5.75 Å². The molecule has 132 valence electrons. The van der Waals surface area contributed by atoms with Gasteiger partial charge >= 0.3 is 0 Å². The molecular formula is C19H18BrN5O. The fourth-order valence-corrected chi connectivity index (χ4v) is 3.24. The maximum atomic E-state index is 5.79. The molecule has 3 aromatic heterocycles. The Balaban J connectivity index is 1.88. The van der Waals surface area contributed by atoms with Crippen LogP contribution >= 0.6 is 15.9 Å². The summed E-state index contributed by atoms with van der Waals surface area (Å²) in [7, 11) is 0. The zero-order valence-corrected chi connectivity index (χ0v) is 16.2. The minimum absolute atomic E-state index is 0.682. The molecule has 0 N–H and O–H groups in total. The summed E-state index contributed by atoms with van der Waals surface area (Å²) in [4.78, 5) is 8.95. The number of fused-ring (bicyclic) bond motifs is 3. The normalized spacial score (nSPS) is 11.3. The summed E-state index contributed by atoms with van der Waals surface area (Å²) >= 11 is 3.54. The summed E-state index contributed by atoms with van der Waals surface area (Å²) in [6.45, 7) is 4.76. The van der Waals surface area contributed by atoms with Crippen molar-refractivity contribution in [3.05, 3.63) is 46.8 Å². The van der Waals surface area contributed by atoms with Crippen LogP contribution in [0.1, 0.15) is 25.5 Å². The Hall–Kier alpha value is -2.54. The van der Waals surface area contributed by atoms with Gasteiger partial charge in [-0.3, -0.25) is 9.38 Å². The third-order valence-corrected chi connectivity index (χ3v) is 4.68. The van der Waals surface area contributed by atoms with E-state index >= 15 is 0 Å². The third kappa shape index (κ3) is 3.03. The first-order valence-corrected chi connectivity index (χ1v) is 9.36. The molecule has 0 unspecified atom stereocenters. The number of pyridine rings is 1. The molecule has 0 amide bonds. The molecule has 26 heavy (non-hydrogen) atoms. The summed E-state index contributed by atoms with van der Waals surface area (Å²) < 4.78 is 8.79. The molecule has 0 aliphatic carbocycles. The van der Waals surface area contributed by atoms with Crippen LogP contribution in [0, 0.1) is 6.92 Å². The number of benzene rings is 1. The number of halogens is 1. The average molecular weight is 412 g/mol. The zero-order valence-electron chi connectivity index (χ0n) is 14.6. The van der Waals surface area contributed by atoms with E-state index in [9.17, 15) is 0 Å².